The zero-order valence-corrected chi connectivity index (χ0v) is 4.96. The molecule has 0 amide bonds. The number of rotatable bonds is 0. The molecule has 1 heterocycles. The van der Waals surface area contributed by atoms with Gasteiger partial charge in [0, 0.05) is 18.5 Å². The van der Waals surface area contributed by atoms with E-state index in [1.165, 1.54) is 0 Å². The van der Waals surface area contributed by atoms with Gasteiger partial charge in [0.05, 0.1) is 18.1 Å². The topological polar surface area (TPSA) is 48.9 Å². The third-order valence-corrected chi connectivity index (χ3v) is 1.68. The van der Waals surface area contributed by atoms with Gasteiger partial charge in [-0.1, -0.05) is 0 Å². The van der Waals surface area contributed by atoms with Crippen LogP contribution in [0.15, 0.2) is 6.33 Å². The number of H-pyrrole nitrogens is 1. The Kier molecular flexibility index (Phi) is 0.873. The first kappa shape index (κ1) is 4.99. The number of imidazole rings is 1. The monoisotopic (exact) mass is 124 g/mol. The maximum absolute atomic E-state index is 9.08. The second-order valence-electron chi connectivity index (χ2n) is 2.39. The lowest BCUT2D eigenvalue weighted by Gasteiger charge is -1.93. The van der Waals surface area contributed by atoms with Crippen molar-refractivity contribution in [3.63, 3.8) is 0 Å². The van der Waals surface area contributed by atoms with Crippen molar-refractivity contribution in [2.24, 2.45) is 0 Å². The van der Waals surface area contributed by atoms with Crippen molar-refractivity contribution in [1.82, 2.24) is 9.97 Å². The molecule has 2 N–H and O–H groups in total. The van der Waals surface area contributed by atoms with Gasteiger partial charge >= 0.3 is 0 Å². The Labute approximate surface area is 52.7 Å². The summed E-state index contributed by atoms with van der Waals surface area (Å²) < 4.78 is 0. The number of fused-ring (bicyclic) bond motifs is 1. The van der Waals surface area contributed by atoms with Crippen LogP contribution < -0.4 is 0 Å². The SMILES string of the molecule is OC1Cc2nc[nH]c2C1. The van der Waals surface area contributed by atoms with Gasteiger partial charge in [0.15, 0.2) is 0 Å². The summed E-state index contributed by atoms with van der Waals surface area (Å²) in [7, 11) is 0. The third-order valence-electron chi connectivity index (χ3n) is 1.68. The van der Waals surface area contributed by atoms with Crippen LogP contribution in [-0.4, -0.2) is 21.2 Å². The number of aliphatic hydroxyl groups is 1. The summed E-state index contributed by atoms with van der Waals surface area (Å²) in [5.41, 5.74) is 2.13. The van der Waals surface area contributed by atoms with E-state index in [0.29, 0.717) is 0 Å². The molecule has 1 aromatic heterocycles. The lowest BCUT2D eigenvalue weighted by atomic mass is 10.3. The number of aromatic nitrogens is 2. The molecule has 0 bridgehead atoms. The number of nitrogens with zero attached hydrogens (tertiary/aromatic N) is 1. The Morgan fingerprint density at radius 3 is 3.33 bits per heavy atom. The Balaban J connectivity index is 2.39. The first-order chi connectivity index (χ1) is 4.36. The van der Waals surface area contributed by atoms with Gasteiger partial charge in [0.25, 0.3) is 0 Å². The Bertz CT molecular complexity index is 198. The molecule has 3 nitrogen and oxygen atoms in total. The van der Waals surface area contributed by atoms with Crippen molar-refractivity contribution in [3.05, 3.63) is 17.7 Å². The highest BCUT2D eigenvalue weighted by molar-refractivity contribution is 5.18. The zero-order valence-electron chi connectivity index (χ0n) is 4.96. The lowest BCUT2D eigenvalue weighted by molar-refractivity contribution is 0.185. The fourth-order valence-electron chi connectivity index (χ4n) is 1.23. The molecule has 0 spiro atoms. The van der Waals surface area contributed by atoms with E-state index in [4.69, 9.17) is 5.11 Å². The van der Waals surface area contributed by atoms with Gasteiger partial charge in [-0.15, -0.1) is 0 Å². The molecular formula is C6H8N2O. The summed E-state index contributed by atoms with van der Waals surface area (Å²) in [6, 6.07) is 0. The average molecular weight is 124 g/mol. The first-order valence-corrected chi connectivity index (χ1v) is 3.05. The van der Waals surface area contributed by atoms with Crippen LogP contribution in [0, 0.1) is 0 Å². The summed E-state index contributed by atoms with van der Waals surface area (Å²) in [6.45, 7) is 0. The molecule has 1 aliphatic rings. The van der Waals surface area contributed by atoms with Crippen LogP contribution in [0.1, 0.15) is 11.4 Å². The fraction of sp³-hybridized carbons (Fsp3) is 0.500. The minimum Gasteiger partial charge on any atom is -0.392 e. The fourth-order valence-corrected chi connectivity index (χ4v) is 1.23. The lowest BCUT2D eigenvalue weighted by Crippen LogP contribution is -2.04. The van der Waals surface area contributed by atoms with E-state index < -0.39 is 0 Å². The van der Waals surface area contributed by atoms with Gasteiger partial charge < -0.3 is 10.1 Å². The number of nitrogens with one attached hydrogen (secondary N) is 1. The Morgan fingerprint density at radius 2 is 2.56 bits per heavy atom. The summed E-state index contributed by atoms with van der Waals surface area (Å²) in [4.78, 5) is 7.01. The molecule has 0 saturated carbocycles. The maximum atomic E-state index is 9.08. The van der Waals surface area contributed by atoms with E-state index in [2.05, 4.69) is 9.97 Å². The van der Waals surface area contributed by atoms with E-state index in [1.807, 2.05) is 0 Å². The largest absolute Gasteiger partial charge is 0.392 e. The predicted octanol–water partition coefficient (Wildman–Crippen LogP) is -0.131. The smallest absolute Gasteiger partial charge is 0.0925 e. The van der Waals surface area contributed by atoms with E-state index in [0.717, 1.165) is 24.2 Å². The number of aliphatic hydroxyl groups excluding tert-OH is 1. The molecule has 0 fully saturated rings. The highest BCUT2D eigenvalue weighted by Crippen LogP contribution is 2.16. The van der Waals surface area contributed by atoms with Crippen LogP contribution in [0.5, 0.6) is 0 Å². The second kappa shape index (κ2) is 1.57. The van der Waals surface area contributed by atoms with Gasteiger partial charge in [0.1, 0.15) is 0 Å². The minimum absolute atomic E-state index is 0.194. The highest BCUT2D eigenvalue weighted by Gasteiger charge is 2.20. The predicted molar refractivity (Wildman–Crippen MR) is 32.0 cm³/mol. The molecule has 0 saturated heterocycles. The zero-order chi connectivity index (χ0) is 6.27. The average Bonchev–Trinajstić information content (AvgIpc) is 2.22. The van der Waals surface area contributed by atoms with Crippen molar-refractivity contribution in [1.29, 1.82) is 0 Å². The Hall–Kier alpha value is -0.830. The molecule has 3 heteroatoms. The number of hydrogen-bond donors (Lipinski definition) is 2. The highest BCUT2D eigenvalue weighted by atomic mass is 16.3. The molecular weight excluding hydrogens is 116 g/mol. The molecule has 0 radical (unpaired) electrons. The second-order valence-corrected chi connectivity index (χ2v) is 2.39. The normalized spacial score (nSPS) is 18.3. The molecule has 0 aromatic carbocycles. The van der Waals surface area contributed by atoms with E-state index in [-0.39, 0.29) is 6.10 Å². The third kappa shape index (κ3) is 0.650. The van der Waals surface area contributed by atoms with Gasteiger partial charge in [0.2, 0.25) is 0 Å². The van der Waals surface area contributed by atoms with Gasteiger partial charge in [-0.2, -0.15) is 0 Å². The molecule has 1 unspecified atom stereocenters. The molecule has 9 heavy (non-hydrogen) atoms. The van der Waals surface area contributed by atoms with Crippen LogP contribution in [0.3, 0.4) is 0 Å². The van der Waals surface area contributed by atoms with Crippen LogP contribution in [-0.2, 0) is 12.8 Å². The van der Waals surface area contributed by atoms with Crippen LogP contribution in [0.2, 0.25) is 0 Å². The molecule has 2 rings (SSSR count). The number of hydrogen-bond acceptors (Lipinski definition) is 2. The minimum atomic E-state index is -0.194. The van der Waals surface area contributed by atoms with Gasteiger partial charge in [-0.05, 0) is 0 Å². The summed E-state index contributed by atoms with van der Waals surface area (Å²) in [6.07, 6.45) is 2.95. The van der Waals surface area contributed by atoms with Crippen LogP contribution in [0.4, 0.5) is 0 Å². The standard InChI is InChI=1S/C6H8N2O/c9-4-1-5-6(2-4)8-3-7-5/h3-4,9H,1-2H2,(H,7,8). The summed E-state index contributed by atoms with van der Waals surface area (Å²) in [5.74, 6) is 0. The van der Waals surface area contributed by atoms with E-state index in [9.17, 15) is 0 Å². The molecule has 1 aliphatic carbocycles. The van der Waals surface area contributed by atoms with Crippen molar-refractivity contribution in [2.45, 2.75) is 18.9 Å². The van der Waals surface area contributed by atoms with Crippen molar-refractivity contribution in [2.75, 3.05) is 0 Å². The van der Waals surface area contributed by atoms with E-state index in [1.54, 1.807) is 6.33 Å². The van der Waals surface area contributed by atoms with Crippen molar-refractivity contribution < 1.29 is 5.11 Å². The summed E-state index contributed by atoms with van der Waals surface area (Å²) >= 11 is 0. The quantitative estimate of drug-likeness (QED) is 0.506. The Morgan fingerprint density at radius 1 is 1.67 bits per heavy atom. The van der Waals surface area contributed by atoms with Crippen molar-refractivity contribution in [3.8, 4) is 0 Å². The molecule has 1 atom stereocenters. The molecule has 1 aromatic rings. The molecule has 0 aliphatic heterocycles. The van der Waals surface area contributed by atoms with Crippen LogP contribution >= 0.6 is 0 Å². The van der Waals surface area contributed by atoms with Crippen molar-refractivity contribution >= 4 is 0 Å². The summed E-state index contributed by atoms with van der Waals surface area (Å²) in [5, 5.41) is 9.08. The molecule has 48 valence electrons. The van der Waals surface area contributed by atoms with Crippen LogP contribution in [0.25, 0.3) is 0 Å². The first-order valence-electron chi connectivity index (χ1n) is 3.05. The van der Waals surface area contributed by atoms with Gasteiger partial charge in [-0.25, -0.2) is 4.98 Å². The maximum Gasteiger partial charge on any atom is 0.0925 e. The van der Waals surface area contributed by atoms with E-state index >= 15 is 0 Å². The van der Waals surface area contributed by atoms with Gasteiger partial charge in [-0.3, -0.25) is 0 Å². The number of aromatic amines is 1.